The van der Waals surface area contributed by atoms with Crippen molar-refractivity contribution in [2.24, 2.45) is 5.73 Å². The molecule has 2 N–H and O–H groups in total. The maximum atomic E-state index is 5.51. The van der Waals surface area contributed by atoms with Gasteiger partial charge in [-0.15, -0.1) is 0 Å². The molecule has 0 aromatic rings. The van der Waals surface area contributed by atoms with E-state index in [1.165, 1.54) is 12.8 Å². The summed E-state index contributed by atoms with van der Waals surface area (Å²) < 4.78 is 0. The second-order valence-electron chi connectivity index (χ2n) is 2.20. The SMILES string of the molecule is C[C@H](N)CCCCS. The van der Waals surface area contributed by atoms with Gasteiger partial charge in [0.15, 0.2) is 0 Å². The molecule has 0 aliphatic heterocycles. The van der Waals surface area contributed by atoms with Gasteiger partial charge < -0.3 is 5.73 Å². The Hall–Kier alpha value is 0.310. The predicted octanol–water partition coefficient (Wildman–Crippen LogP) is 1.43. The van der Waals surface area contributed by atoms with E-state index in [0.717, 1.165) is 12.2 Å². The number of hydrogen-bond donors (Lipinski definition) is 2. The zero-order valence-corrected chi connectivity index (χ0v) is 6.32. The fourth-order valence-electron chi connectivity index (χ4n) is 0.578. The van der Waals surface area contributed by atoms with Crippen molar-refractivity contribution >= 4 is 12.6 Å². The van der Waals surface area contributed by atoms with Crippen LogP contribution >= 0.6 is 12.6 Å². The summed E-state index contributed by atoms with van der Waals surface area (Å²) in [6, 6.07) is 0.370. The van der Waals surface area contributed by atoms with Gasteiger partial charge in [-0.25, -0.2) is 0 Å². The van der Waals surface area contributed by atoms with Crippen molar-refractivity contribution in [1.29, 1.82) is 0 Å². The maximum Gasteiger partial charge on any atom is 0.00104 e. The van der Waals surface area contributed by atoms with Crippen LogP contribution in [0.15, 0.2) is 0 Å². The number of nitrogens with two attached hydrogens (primary N) is 1. The summed E-state index contributed by atoms with van der Waals surface area (Å²) >= 11 is 4.08. The van der Waals surface area contributed by atoms with Crippen LogP contribution in [0.4, 0.5) is 0 Å². The second kappa shape index (κ2) is 5.45. The summed E-state index contributed by atoms with van der Waals surface area (Å²) in [5.41, 5.74) is 5.51. The highest BCUT2D eigenvalue weighted by Gasteiger charge is 1.90. The zero-order chi connectivity index (χ0) is 6.41. The number of hydrogen-bond acceptors (Lipinski definition) is 2. The zero-order valence-electron chi connectivity index (χ0n) is 5.43. The molecule has 50 valence electrons. The molecular formula is C6H15NS. The van der Waals surface area contributed by atoms with Gasteiger partial charge >= 0.3 is 0 Å². The van der Waals surface area contributed by atoms with Crippen molar-refractivity contribution in [2.75, 3.05) is 5.75 Å². The van der Waals surface area contributed by atoms with E-state index >= 15 is 0 Å². The van der Waals surface area contributed by atoms with E-state index in [1.54, 1.807) is 0 Å². The Bertz CT molecular complexity index is 45.8. The highest BCUT2D eigenvalue weighted by atomic mass is 32.1. The Kier molecular flexibility index (Phi) is 5.66. The minimum Gasteiger partial charge on any atom is -0.328 e. The highest BCUT2D eigenvalue weighted by molar-refractivity contribution is 7.80. The molecule has 2 heteroatoms. The van der Waals surface area contributed by atoms with Crippen molar-refractivity contribution in [3.63, 3.8) is 0 Å². The van der Waals surface area contributed by atoms with E-state index in [9.17, 15) is 0 Å². The Morgan fingerprint density at radius 3 is 2.50 bits per heavy atom. The summed E-state index contributed by atoms with van der Waals surface area (Å²) in [4.78, 5) is 0. The highest BCUT2D eigenvalue weighted by Crippen LogP contribution is 1.98. The van der Waals surface area contributed by atoms with E-state index in [4.69, 9.17) is 5.73 Å². The average molecular weight is 133 g/mol. The summed E-state index contributed by atoms with van der Waals surface area (Å²) in [5.74, 6) is 0.993. The van der Waals surface area contributed by atoms with Gasteiger partial charge in [0, 0.05) is 6.04 Å². The topological polar surface area (TPSA) is 26.0 Å². The molecule has 8 heavy (non-hydrogen) atoms. The second-order valence-corrected chi connectivity index (χ2v) is 2.64. The van der Waals surface area contributed by atoms with Crippen LogP contribution in [0.3, 0.4) is 0 Å². The van der Waals surface area contributed by atoms with E-state index < -0.39 is 0 Å². The molecule has 0 heterocycles. The van der Waals surface area contributed by atoms with Crippen molar-refractivity contribution in [3.8, 4) is 0 Å². The first kappa shape index (κ1) is 8.31. The van der Waals surface area contributed by atoms with Crippen LogP contribution in [0.5, 0.6) is 0 Å². The quantitative estimate of drug-likeness (QED) is 0.440. The van der Waals surface area contributed by atoms with Crippen LogP contribution in [0, 0.1) is 0 Å². The predicted molar refractivity (Wildman–Crippen MR) is 41.4 cm³/mol. The van der Waals surface area contributed by atoms with Crippen LogP contribution in [0.2, 0.25) is 0 Å². The lowest BCUT2D eigenvalue weighted by Crippen LogP contribution is -2.13. The number of thiol groups is 1. The van der Waals surface area contributed by atoms with Gasteiger partial charge in [0.1, 0.15) is 0 Å². The van der Waals surface area contributed by atoms with Gasteiger partial charge in [-0.3, -0.25) is 0 Å². The summed E-state index contributed by atoms with van der Waals surface area (Å²) in [5, 5.41) is 0. The van der Waals surface area contributed by atoms with E-state index in [0.29, 0.717) is 6.04 Å². The normalized spacial score (nSPS) is 13.9. The first-order chi connectivity index (χ1) is 3.77. The van der Waals surface area contributed by atoms with E-state index in [1.807, 2.05) is 6.92 Å². The van der Waals surface area contributed by atoms with Crippen LogP contribution in [0.1, 0.15) is 26.2 Å². The van der Waals surface area contributed by atoms with Crippen molar-refractivity contribution in [1.82, 2.24) is 0 Å². The molecule has 0 fully saturated rings. The molecule has 1 nitrogen and oxygen atoms in total. The first-order valence-corrected chi connectivity index (χ1v) is 3.77. The lowest BCUT2D eigenvalue weighted by molar-refractivity contribution is 0.618. The van der Waals surface area contributed by atoms with Crippen molar-refractivity contribution in [3.05, 3.63) is 0 Å². The van der Waals surface area contributed by atoms with Gasteiger partial charge in [0.2, 0.25) is 0 Å². The molecule has 0 saturated carbocycles. The van der Waals surface area contributed by atoms with Gasteiger partial charge in [-0.2, -0.15) is 12.6 Å². The summed E-state index contributed by atoms with van der Waals surface area (Å²) in [7, 11) is 0. The van der Waals surface area contributed by atoms with Crippen LogP contribution < -0.4 is 5.73 Å². The van der Waals surface area contributed by atoms with Crippen LogP contribution in [-0.2, 0) is 0 Å². The Morgan fingerprint density at radius 2 is 2.12 bits per heavy atom. The molecular weight excluding hydrogens is 118 g/mol. The third kappa shape index (κ3) is 6.31. The summed E-state index contributed by atoms with van der Waals surface area (Å²) in [6.45, 7) is 2.04. The Balaban J connectivity index is 2.72. The molecule has 0 amide bonds. The van der Waals surface area contributed by atoms with Crippen molar-refractivity contribution < 1.29 is 0 Å². The minimum atomic E-state index is 0.370. The third-order valence-electron chi connectivity index (χ3n) is 1.07. The molecule has 1 atom stereocenters. The molecule has 0 aliphatic rings. The smallest absolute Gasteiger partial charge is 0.00104 e. The molecule has 0 rings (SSSR count). The van der Waals surface area contributed by atoms with Gasteiger partial charge in [-0.05, 0) is 25.5 Å². The van der Waals surface area contributed by atoms with Gasteiger partial charge in [-0.1, -0.05) is 6.42 Å². The minimum absolute atomic E-state index is 0.370. The number of rotatable bonds is 4. The van der Waals surface area contributed by atoms with Gasteiger partial charge in [0.25, 0.3) is 0 Å². The summed E-state index contributed by atoms with van der Waals surface area (Å²) in [6.07, 6.45) is 3.56. The van der Waals surface area contributed by atoms with E-state index in [-0.39, 0.29) is 0 Å². The molecule has 0 unspecified atom stereocenters. The monoisotopic (exact) mass is 133 g/mol. The molecule has 0 bridgehead atoms. The Labute approximate surface area is 57.1 Å². The van der Waals surface area contributed by atoms with Crippen molar-refractivity contribution in [2.45, 2.75) is 32.2 Å². The fourth-order valence-corrected chi connectivity index (χ4v) is 0.802. The molecule has 0 radical (unpaired) electrons. The largest absolute Gasteiger partial charge is 0.328 e. The third-order valence-corrected chi connectivity index (χ3v) is 1.38. The van der Waals surface area contributed by atoms with Crippen LogP contribution in [-0.4, -0.2) is 11.8 Å². The molecule has 0 aromatic carbocycles. The Morgan fingerprint density at radius 1 is 1.50 bits per heavy atom. The number of unbranched alkanes of at least 4 members (excludes halogenated alkanes) is 1. The molecule has 0 aliphatic carbocycles. The molecule has 0 aromatic heterocycles. The fraction of sp³-hybridized carbons (Fsp3) is 1.00. The first-order valence-electron chi connectivity index (χ1n) is 3.14. The van der Waals surface area contributed by atoms with Crippen LogP contribution in [0.25, 0.3) is 0 Å². The standard InChI is InChI=1S/C6H15NS/c1-6(7)4-2-3-5-8/h6,8H,2-5,7H2,1H3/t6-/m0/s1. The maximum absolute atomic E-state index is 5.51. The lowest BCUT2D eigenvalue weighted by Gasteiger charge is -2.00. The molecule has 0 spiro atoms. The van der Waals surface area contributed by atoms with E-state index in [2.05, 4.69) is 12.6 Å². The average Bonchev–Trinajstić information content (AvgIpc) is 1.66. The lowest BCUT2D eigenvalue weighted by atomic mass is 10.2. The van der Waals surface area contributed by atoms with Gasteiger partial charge in [0.05, 0.1) is 0 Å². The molecule has 0 saturated heterocycles.